The van der Waals surface area contributed by atoms with Crippen LogP contribution in [0.3, 0.4) is 0 Å². The smallest absolute Gasteiger partial charge is 0.330 e. The first-order chi connectivity index (χ1) is 7.67. The van der Waals surface area contributed by atoms with E-state index in [-0.39, 0.29) is 5.88 Å². The van der Waals surface area contributed by atoms with Crippen molar-refractivity contribution in [2.45, 2.75) is 25.8 Å². The number of fused-ring (bicyclic) bond motifs is 1. The van der Waals surface area contributed by atoms with E-state index >= 15 is 0 Å². The summed E-state index contributed by atoms with van der Waals surface area (Å²) in [5.74, 6) is 0.659. The molecule has 0 saturated carbocycles. The van der Waals surface area contributed by atoms with E-state index < -0.39 is 11.2 Å². The monoisotopic (exact) mass is 242 g/mol. The van der Waals surface area contributed by atoms with Crippen LogP contribution in [-0.4, -0.2) is 19.5 Å². The molecule has 2 heterocycles. The second kappa shape index (κ2) is 4.13. The first-order valence-corrected chi connectivity index (χ1v) is 5.48. The largest absolute Gasteiger partial charge is 0.335 e. The van der Waals surface area contributed by atoms with Crippen LogP contribution in [0.4, 0.5) is 0 Å². The number of halogens is 1. The standard InChI is InChI=1S/C9H11ClN4O2/c1-2-3-14-7-6(8(15)13-9(14)16)11-5(4-10)12-7/h2-4H2,1H3,(H,11,12)(H,13,15,16). The van der Waals surface area contributed by atoms with Gasteiger partial charge in [0, 0.05) is 6.54 Å². The lowest BCUT2D eigenvalue weighted by atomic mass is 10.4. The van der Waals surface area contributed by atoms with Gasteiger partial charge in [0.25, 0.3) is 5.56 Å². The average Bonchev–Trinajstić information content (AvgIpc) is 2.68. The predicted molar refractivity (Wildman–Crippen MR) is 60.8 cm³/mol. The first-order valence-electron chi connectivity index (χ1n) is 4.95. The fourth-order valence-corrected chi connectivity index (χ4v) is 1.71. The molecule has 2 N–H and O–H groups in total. The van der Waals surface area contributed by atoms with E-state index in [4.69, 9.17) is 11.6 Å². The van der Waals surface area contributed by atoms with Crippen molar-refractivity contribution in [1.29, 1.82) is 0 Å². The minimum Gasteiger partial charge on any atom is -0.335 e. The van der Waals surface area contributed by atoms with E-state index in [9.17, 15) is 9.59 Å². The van der Waals surface area contributed by atoms with Gasteiger partial charge in [0.2, 0.25) is 0 Å². The van der Waals surface area contributed by atoms with Crippen LogP contribution < -0.4 is 11.2 Å². The van der Waals surface area contributed by atoms with Gasteiger partial charge in [0.05, 0.1) is 5.88 Å². The number of aromatic nitrogens is 4. The highest BCUT2D eigenvalue weighted by Crippen LogP contribution is 2.06. The van der Waals surface area contributed by atoms with Gasteiger partial charge in [-0.1, -0.05) is 6.92 Å². The third kappa shape index (κ3) is 1.65. The SMILES string of the molecule is CCCn1c(=O)[nH]c(=O)c2[nH]c(CCl)nc21. The summed E-state index contributed by atoms with van der Waals surface area (Å²) in [5.41, 5.74) is -0.238. The van der Waals surface area contributed by atoms with Crippen LogP contribution in [0, 0.1) is 0 Å². The number of hydrogen-bond donors (Lipinski definition) is 2. The number of nitrogens with zero attached hydrogens (tertiary/aromatic N) is 2. The molecule has 86 valence electrons. The zero-order valence-electron chi connectivity index (χ0n) is 8.71. The van der Waals surface area contributed by atoms with Gasteiger partial charge in [-0.2, -0.15) is 0 Å². The molecular formula is C9H11ClN4O2. The lowest BCUT2D eigenvalue weighted by Crippen LogP contribution is -2.30. The predicted octanol–water partition coefficient (Wildman–Crippen LogP) is 0.562. The molecule has 0 aromatic carbocycles. The van der Waals surface area contributed by atoms with Gasteiger partial charge in [-0.3, -0.25) is 14.3 Å². The van der Waals surface area contributed by atoms with Gasteiger partial charge in [-0.25, -0.2) is 9.78 Å². The summed E-state index contributed by atoms with van der Waals surface area (Å²) in [4.78, 5) is 32.2. The third-order valence-corrected chi connectivity index (χ3v) is 2.51. The van der Waals surface area contributed by atoms with Crippen LogP contribution in [0.5, 0.6) is 0 Å². The molecule has 7 heteroatoms. The maximum absolute atomic E-state index is 11.6. The summed E-state index contributed by atoms with van der Waals surface area (Å²) < 4.78 is 1.43. The fourth-order valence-electron chi connectivity index (χ4n) is 1.58. The molecule has 0 fully saturated rings. The molecule has 0 aliphatic rings. The van der Waals surface area contributed by atoms with Crippen molar-refractivity contribution in [3.05, 3.63) is 26.7 Å². The van der Waals surface area contributed by atoms with Crippen LogP contribution in [0.1, 0.15) is 19.2 Å². The summed E-state index contributed by atoms with van der Waals surface area (Å²) in [6, 6.07) is 0. The summed E-state index contributed by atoms with van der Waals surface area (Å²) in [6.45, 7) is 2.46. The second-order valence-electron chi connectivity index (χ2n) is 3.43. The highest BCUT2D eigenvalue weighted by atomic mass is 35.5. The van der Waals surface area contributed by atoms with Crippen molar-refractivity contribution in [2.24, 2.45) is 0 Å². The minimum atomic E-state index is -0.462. The van der Waals surface area contributed by atoms with E-state index in [1.165, 1.54) is 4.57 Å². The molecular weight excluding hydrogens is 232 g/mol. The first kappa shape index (κ1) is 10.9. The topological polar surface area (TPSA) is 83.5 Å². The number of aryl methyl sites for hydroxylation is 1. The number of nitrogens with one attached hydrogen (secondary N) is 2. The molecule has 16 heavy (non-hydrogen) atoms. The molecule has 0 spiro atoms. The van der Waals surface area contributed by atoms with Gasteiger partial charge in [-0.05, 0) is 6.42 Å². The van der Waals surface area contributed by atoms with Gasteiger partial charge in [-0.15, -0.1) is 11.6 Å². The lowest BCUT2D eigenvalue weighted by molar-refractivity contribution is 0.652. The molecule has 0 aliphatic carbocycles. The Morgan fingerprint density at radius 3 is 2.75 bits per heavy atom. The second-order valence-corrected chi connectivity index (χ2v) is 3.69. The minimum absolute atomic E-state index is 0.175. The highest BCUT2D eigenvalue weighted by molar-refractivity contribution is 6.16. The maximum atomic E-state index is 11.6. The fraction of sp³-hybridized carbons (Fsp3) is 0.444. The van der Waals surface area contributed by atoms with E-state index in [0.29, 0.717) is 23.5 Å². The van der Waals surface area contributed by atoms with Crippen molar-refractivity contribution in [3.8, 4) is 0 Å². The quantitative estimate of drug-likeness (QED) is 0.772. The summed E-state index contributed by atoms with van der Waals surface area (Å²) >= 11 is 5.63. The molecule has 0 bridgehead atoms. The molecule has 2 rings (SSSR count). The third-order valence-electron chi connectivity index (χ3n) is 2.26. The zero-order valence-corrected chi connectivity index (χ0v) is 9.47. The van der Waals surface area contributed by atoms with Gasteiger partial charge < -0.3 is 4.98 Å². The van der Waals surface area contributed by atoms with E-state index in [2.05, 4.69) is 15.0 Å². The number of alkyl halides is 1. The number of hydrogen-bond acceptors (Lipinski definition) is 3. The molecule has 0 aliphatic heterocycles. The van der Waals surface area contributed by atoms with E-state index in [1.54, 1.807) is 0 Å². The molecule has 0 atom stereocenters. The van der Waals surface area contributed by atoms with Crippen molar-refractivity contribution in [2.75, 3.05) is 0 Å². The van der Waals surface area contributed by atoms with Crippen LogP contribution >= 0.6 is 11.6 Å². The summed E-state index contributed by atoms with van der Waals surface area (Å²) in [6.07, 6.45) is 0.782. The Labute approximate surface area is 95.3 Å². The normalized spacial score (nSPS) is 11.1. The van der Waals surface area contributed by atoms with Crippen LogP contribution in [0.2, 0.25) is 0 Å². The molecule has 0 amide bonds. The van der Waals surface area contributed by atoms with Gasteiger partial charge in [0.1, 0.15) is 11.3 Å². The lowest BCUT2D eigenvalue weighted by Gasteiger charge is -2.02. The number of imidazole rings is 1. The zero-order chi connectivity index (χ0) is 11.7. The Balaban J connectivity index is 2.82. The van der Waals surface area contributed by atoms with E-state index in [0.717, 1.165) is 6.42 Å². The summed E-state index contributed by atoms with van der Waals surface area (Å²) in [7, 11) is 0. The van der Waals surface area contributed by atoms with Crippen molar-refractivity contribution < 1.29 is 0 Å². The Bertz CT molecular complexity index is 624. The Morgan fingerprint density at radius 1 is 1.38 bits per heavy atom. The highest BCUT2D eigenvalue weighted by Gasteiger charge is 2.11. The van der Waals surface area contributed by atoms with Crippen molar-refractivity contribution in [1.82, 2.24) is 19.5 Å². The number of H-pyrrole nitrogens is 2. The molecule has 6 nitrogen and oxygen atoms in total. The van der Waals surface area contributed by atoms with E-state index in [1.807, 2.05) is 6.92 Å². The molecule has 0 radical (unpaired) electrons. The van der Waals surface area contributed by atoms with Crippen LogP contribution in [0.15, 0.2) is 9.59 Å². The Morgan fingerprint density at radius 2 is 2.12 bits per heavy atom. The Kier molecular flexibility index (Phi) is 2.82. The maximum Gasteiger partial charge on any atom is 0.330 e. The number of rotatable bonds is 3. The van der Waals surface area contributed by atoms with Gasteiger partial charge in [0.15, 0.2) is 5.65 Å². The van der Waals surface area contributed by atoms with Crippen molar-refractivity contribution >= 4 is 22.8 Å². The summed E-state index contributed by atoms with van der Waals surface area (Å²) in [5, 5.41) is 0. The van der Waals surface area contributed by atoms with Crippen LogP contribution in [-0.2, 0) is 12.4 Å². The van der Waals surface area contributed by atoms with Crippen LogP contribution in [0.25, 0.3) is 11.2 Å². The average molecular weight is 243 g/mol. The van der Waals surface area contributed by atoms with Crippen molar-refractivity contribution in [3.63, 3.8) is 0 Å². The molecule has 2 aromatic heterocycles. The number of aromatic amines is 2. The molecule has 2 aromatic rings. The molecule has 0 saturated heterocycles. The Hall–Kier alpha value is -1.56. The van der Waals surface area contributed by atoms with Gasteiger partial charge >= 0.3 is 5.69 Å². The molecule has 0 unspecified atom stereocenters.